The first-order chi connectivity index (χ1) is 17.2. The Bertz CT molecular complexity index is 1000. The van der Waals surface area contributed by atoms with E-state index in [2.05, 4.69) is 34.5 Å². The molecule has 2 aromatic carbocycles. The Morgan fingerprint density at radius 3 is 2.42 bits per heavy atom. The number of hydrogen-bond donors (Lipinski definition) is 2. The predicted octanol–water partition coefficient (Wildman–Crippen LogP) is 5.63. The summed E-state index contributed by atoms with van der Waals surface area (Å²) in [4.78, 5) is 15.2. The number of halogens is 1. The molecule has 1 saturated carbocycles. The van der Waals surface area contributed by atoms with E-state index < -0.39 is 11.0 Å². The molecule has 1 heterocycles. The highest BCUT2D eigenvalue weighted by Crippen LogP contribution is 2.50. The van der Waals surface area contributed by atoms with Crippen molar-refractivity contribution < 1.29 is 13.9 Å². The lowest BCUT2D eigenvalue weighted by atomic mass is 9.58. The van der Waals surface area contributed by atoms with Gasteiger partial charge < -0.3 is 15.8 Å². The van der Waals surface area contributed by atoms with E-state index in [9.17, 15) is 9.18 Å². The number of nitrogens with zero attached hydrogens (tertiary/aromatic N) is 1. The number of nitrogens with two attached hydrogens (primary N) is 1. The van der Waals surface area contributed by atoms with E-state index in [4.69, 9.17) is 10.5 Å². The average Bonchev–Trinajstić information content (AvgIpc) is 3.29. The van der Waals surface area contributed by atoms with E-state index in [1.807, 2.05) is 32.9 Å². The van der Waals surface area contributed by atoms with Crippen LogP contribution in [0.5, 0.6) is 0 Å². The van der Waals surface area contributed by atoms with Gasteiger partial charge in [0.15, 0.2) is 0 Å². The van der Waals surface area contributed by atoms with Crippen molar-refractivity contribution in [2.75, 3.05) is 19.6 Å². The van der Waals surface area contributed by atoms with Gasteiger partial charge in [0.25, 0.3) is 0 Å². The van der Waals surface area contributed by atoms with Crippen molar-refractivity contribution in [3.8, 4) is 0 Å². The second-order valence-corrected chi connectivity index (χ2v) is 11.6. The fraction of sp³-hybridized carbons (Fsp3) is 0.567. The maximum atomic E-state index is 14.5. The molecule has 1 amide bonds. The highest BCUT2D eigenvalue weighted by molar-refractivity contribution is 5.68. The highest BCUT2D eigenvalue weighted by Gasteiger charge is 2.51. The Morgan fingerprint density at radius 2 is 1.78 bits per heavy atom. The third-order valence-corrected chi connectivity index (χ3v) is 8.14. The van der Waals surface area contributed by atoms with Gasteiger partial charge in [-0.05, 0) is 94.6 Å². The number of benzene rings is 2. The number of piperidine rings is 1. The summed E-state index contributed by atoms with van der Waals surface area (Å²) in [5.41, 5.74) is 8.00. The summed E-state index contributed by atoms with van der Waals surface area (Å²) in [7, 11) is 0. The van der Waals surface area contributed by atoms with Crippen molar-refractivity contribution in [2.24, 2.45) is 17.6 Å². The summed E-state index contributed by atoms with van der Waals surface area (Å²) < 4.78 is 20.1. The molecule has 2 aromatic rings. The maximum absolute atomic E-state index is 14.5. The second-order valence-electron chi connectivity index (χ2n) is 11.6. The Morgan fingerprint density at radius 1 is 1.06 bits per heavy atom. The van der Waals surface area contributed by atoms with Crippen LogP contribution in [0, 0.1) is 17.7 Å². The minimum Gasteiger partial charge on any atom is -0.444 e. The fourth-order valence-corrected chi connectivity index (χ4v) is 6.62. The molecular formula is C30H42FN3O2. The largest absolute Gasteiger partial charge is 0.444 e. The molecule has 1 aliphatic heterocycles. The van der Waals surface area contributed by atoms with Crippen LogP contribution < -0.4 is 11.1 Å². The van der Waals surface area contributed by atoms with E-state index in [0.29, 0.717) is 12.5 Å². The summed E-state index contributed by atoms with van der Waals surface area (Å²) >= 11 is 0. The predicted molar refractivity (Wildman–Crippen MR) is 142 cm³/mol. The summed E-state index contributed by atoms with van der Waals surface area (Å²) in [5, 5.41) is 3.17. The Balaban J connectivity index is 1.58. The van der Waals surface area contributed by atoms with Gasteiger partial charge in [-0.2, -0.15) is 0 Å². The fourth-order valence-electron chi connectivity index (χ4n) is 6.62. The van der Waals surface area contributed by atoms with Crippen molar-refractivity contribution in [2.45, 2.75) is 76.5 Å². The van der Waals surface area contributed by atoms with Crippen LogP contribution in [0.1, 0.15) is 64.0 Å². The Kier molecular flexibility index (Phi) is 8.36. The first kappa shape index (κ1) is 26.6. The molecule has 1 saturated heterocycles. The lowest BCUT2D eigenvalue weighted by Crippen LogP contribution is -2.56. The third-order valence-electron chi connectivity index (χ3n) is 8.14. The Labute approximate surface area is 215 Å². The van der Waals surface area contributed by atoms with Gasteiger partial charge >= 0.3 is 6.09 Å². The number of likely N-dealkylation sites (tertiary alicyclic amines) is 1. The normalized spacial score (nSPS) is 23.2. The summed E-state index contributed by atoms with van der Waals surface area (Å²) in [6.45, 7) is 8.95. The van der Waals surface area contributed by atoms with E-state index in [1.54, 1.807) is 12.1 Å². The number of nitrogens with one attached hydrogen (secondary N) is 1. The van der Waals surface area contributed by atoms with Crippen molar-refractivity contribution in [3.63, 3.8) is 0 Å². The van der Waals surface area contributed by atoms with Crippen LogP contribution in [0.25, 0.3) is 0 Å². The molecule has 2 aliphatic rings. The van der Waals surface area contributed by atoms with Gasteiger partial charge in [-0.1, -0.05) is 48.9 Å². The van der Waals surface area contributed by atoms with Crippen LogP contribution in [0.15, 0.2) is 54.6 Å². The van der Waals surface area contributed by atoms with Gasteiger partial charge in [0.1, 0.15) is 11.4 Å². The lowest BCUT2D eigenvalue weighted by molar-refractivity contribution is 0.0424. The summed E-state index contributed by atoms with van der Waals surface area (Å²) in [6, 6.07) is 17.5. The number of ether oxygens (including phenoxy) is 1. The standard InChI is InChI=1S/C30H42FN3O2/c1-29(2,3)36-28(35)33-27-14-8-13-26(27)30(21-32,24-11-7-12-25(31)19-24)23-15-17-34(18-16-23)20-22-9-5-4-6-10-22/h4-7,9-12,19,23,26-27H,8,13-18,20-21,32H2,1-3H3,(H,33,35)/t26-,27-,30-/m0/s1. The molecule has 36 heavy (non-hydrogen) atoms. The van der Waals surface area contributed by atoms with Gasteiger partial charge in [0.2, 0.25) is 0 Å². The molecule has 0 bridgehead atoms. The number of alkyl carbamates (subject to hydrolysis) is 1. The van der Waals surface area contributed by atoms with Gasteiger partial charge in [0, 0.05) is 24.5 Å². The molecule has 6 heteroatoms. The number of hydrogen-bond acceptors (Lipinski definition) is 4. The monoisotopic (exact) mass is 495 g/mol. The Hall–Kier alpha value is -2.44. The first-order valence-corrected chi connectivity index (χ1v) is 13.4. The van der Waals surface area contributed by atoms with Crippen molar-refractivity contribution in [1.82, 2.24) is 10.2 Å². The molecule has 3 N–H and O–H groups in total. The quantitative estimate of drug-likeness (QED) is 0.523. The van der Waals surface area contributed by atoms with Crippen LogP contribution in [-0.4, -0.2) is 42.3 Å². The molecule has 2 fully saturated rings. The van der Waals surface area contributed by atoms with Crippen LogP contribution in [0.4, 0.5) is 9.18 Å². The maximum Gasteiger partial charge on any atom is 0.407 e. The van der Waals surface area contributed by atoms with E-state index >= 15 is 0 Å². The lowest BCUT2D eigenvalue weighted by Gasteiger charge is -2.50. The van der Waals surface area contributed by atoms with Gasteiger partial charge in [-0.3, -0.25) is 4.90 Å². The molecule has 0 radical (unpaired) electrons. The SMILES string of the molecule is CC(C)(C)OC(=O)N[C@H]1CCC[C@@H]1[C@](CN)(c1cccc(F)c1)C1CCN(Cc2ccccc2)CC1. The number of rotatable bonds is 7. The van der Waals surface area contributed by atoms with Gasteiger partial charge in [-0.15, -0.1) is 0 Å². The molecule has 3 atom stereocenters. The van der Waals surface area contributed by atoms with Crippen LogP contribution in [-0.2, 0) is 16.7 Å². The van der Waals surface area contributed by atoms with E-state index in [1.165, 1.54) is 11.6 Å². The third kappa shape index (κ3) is 6.09. The van der Waals surface area contributed by atoms with Gasteiger partial charge in [-0.25, -0.2) is 9.18 Å². The molecule has 196 valence electrons. The zero-order chi connectivity index (χ0) is 25.8. The molecule has 0 unspecified atom stereocenters. The summed E-state index contributed by atoms with van der Waals surface area (Å²) in [5.74, 6) is 0.200. The first-order valence-electron chi connectivity index (χ1n) is 13.4. The number of amides is 1. The number of carbonyl (C=O) groups is 1. The molecule has 5 nitrogen and oxygen atoms in total. The molecule has 0 aromatic heterocycles. The zero-order valence-corrected chi connectivity index (χ0v) is 22.0. The van der Waals surface area contributed by atoms with Gasteiger partial charge in [0.05, 0.1) is 0 Å². The molecular weight excluding hydrogens is 453 g/mol. The highest BCUT2D eigenvalue weighted by atomic mass is 19.1. The zero-order valence-electron chi connectivity index (χ0n) is 22.0. The van der Waals surface area contributed by atoms with Crippen molar-refractivity contribution in [3.05, 3.63) is 71.5 Å². The molecule has 4 rings (SSSR count). The van der Waals surface area contributed by atoms with E-state index in [0.717, 1.165) is 57.3 Å². The topological polar surface area (TPSA) is 67.6 Å². The average molecular weight is 496 g/mol. The second kappa shape index (κ2) is 11.3. The van der Waals surface area contributed by atoms with Crippen LogP contribution in [0.2, 0.25) is 0 Å². The summed E-state index contributed by atoms with van der Waals surface area (Å²) in [6.07, 6.45) is 4.45. The van der Waals surface area contributed by atoms with Crippen LogP contribution >= 0.6 is 0 Å². The molecule has 0 spiro atoms. The van der Waals surface area contributed by atoms with Crippen LogP contribution in [0.3, 0.4) is 0 Å². The smallest absolute Gasteiger partial charge is 0.407 e. The number of carbonyl (C=O) groups excluding carboxylic acids is 1. The minimum absolute atomic E-state index is 0.0472. The molecule has 1 aliphatic carbocycles. The van der Waals surface area contributed by atoms with E-state index in [-0.39, 0.29) is 23.9 Å². The minimum atomic E-state index is -0.558. The van der Waals surface area contributed by atoms with Crippen molar-refractivity contribution >= 4 is 6.09 Å². The van der Waals surface area contributed by atoms with Crippen molar-refractivity contribution in [1.29, 1.82) is 0 Å².